The van der Waals surface area contributed by atoms with Crippen LogP contribution in [0.15, 0.2) is 29.6 Å². The Balaban J connectivity index is 1.89. The predicted molar refractivity (Wildman–Crippen MR) is 111 cm³/mol. The number of carbonyl (C=O) groups excluding carboxylic acids is 2. The molecule has 3 aromatic rings. The van der Waals surface area contributed by atoms with Crippen LogP contribution in [0.5, 0.6) is 0 Å². The Morgan fingerprint density at radius 3 is 2.68 bits per heavy atom. The average molecular weight is 398 g/mol. The normalized spacial score (nSPS) is 10.8. The van der Waals surface area contributed by atoms with Gasteiger partial charge in [0.25, 0.3) is 0 Å². The number of para-hydroxylation sites is 1. The maximum atomic E-state index is 13.0. The van der Waals surface area contributed by atoms with Crippen LogP contribution in [0.2, 0.25) is 0 Å². The molecule has 0 bridgehead atoms. The topological polar surface area (TPSA) is 81.2 Å². The Bertz CT molecular complexity index is 1010. The van der Waals surface area contributed by atoms with E-state index in [1.165, 1.54) is 18.3 Å². The largest absolute Gasteiger partial charge is 0.456 e. The standard InChI is InChI=1S/C21H23N3O3S/c1-4-8-17-15(5-2)19(16-9-6-7-10-18(16)24-17)20(26)27-11-14-12-28-21(23-14)22-13(3)25/h6-7,9-10,12H,4-5,8,11H2,1-3H3,(H,22,23,25). The zero-order valence-electron chi connectivity index (χ0n) is 16.2. The molecule has 7 heteroatoms. The molecule has 2 heterocycles. The summed E-state index contributed by atoms with van der Waals surface area (Å²) in [6, 6.07) is 7.65. The summed E-state index contributed by atoms with van der Waals surface area (Å²) >= 11 is 1.30. The van der Waals surface area contributed by atoms with Gasteiger partial charge in [0.2, 0.25) is 5.91 Å². The molecule has 6 nitrogen and oxygen atoms in total. The van der Waals surface area contributed by atoms with E-state index in [4.69, 9.17) is 9.72 Å². The Morgan fingerprint density at radius 1 is 1.18 bits per heavy atom. The minimum Gasteiger partial charge on any atom is -0.456 e. The van der Waals surface area contributed by atoms with Crippen molar-refractivity contribution in [1.82, 2.24) is 9.97 Å². The monoisotopic (exact) mass is 397 g/mol. The summed E-state index contributed by atoms with van der Waals surface area (Å²) in [4.78, 5) is 33.2. The van der Waals surface area contributed by atoms with Crippen LogP contribution in [-0.2, 0) is 29.0 Å². The zero-order chi connectivity index (χ0) is 20.1. The Morgan fingerprint density at radius 2 is 1.96 bits per heavy atom. The minimum atomic E-state index is -0.373. The first kappa shape index (κ1) is 19.9. The van der Waals surface area contributed by atoms with Crippen LogP contribution in [0, 0.1) is 0 Å². The van der Waals surface area contributed by atoms with E-state index >= 15 is 0 Å². The molecule has 146 valence electrons. The second-order valence-corrected chi connectivity index (χ2v) is 7.29. The fourth-order valence-corrected chi connectivity index (χ4v) is 3.89. The highest BCUT2D eigenvalue weighted by atomic mass is 32.1. The molecule has 0 atom stereocenters. The van der Waals surface area contributed by atoms with Crippen LogP contribution in [0.25, 0.3) is 10.9 Å². The number of nitrogens with zero attached hydrogens (tertiary/aromatic N) is 2. The van der Waals surface area contributed by atoms with E-state index in [1.807, 2.05) is 31.2 Å². The second-order valence-electron chi connectivity index (χ2n) is 6.43. The molecule has 0 radical (unpaired) electrons. The van der Waals surface area contributed by atoms with Crippen molar-refractivity contribution in [1.29, 1.82) is 0 Å². The van der Waals surface area contributed by atoms with E-state index in [2.05, 4.69) is 17.2 Å². The van der Waals surface area contributed by atoms with E-state index in [9.17, 15) is 9.59 Å². The van der Waals surface area contributed by atoms with Crippen molar-refractivity contribution in [2.24, 2.45) is 0 Å². The molecular formula is C21H23N3O3S. The maximum absolute atomic E-state index is 13.0. The molecule has 3 rings (SSSR count). The van der Waals surface area contributed by atoms with Crippen LogP contribution in [0.1, 0.15) is 54.5 Å². The minimum absolute atomic E-state index is 0.0534. The number of ether oxygens (including phenoxy) is 1. The smallest absolute Gasteiger partial charge is 0.339 e. The summed E-state index contributed by atoms with van der Waals surface area (Å²) in [5.74, 6) is -0.556. The van der Waals surface area contributed by atoms with Gasteiger partial charge in [-0.3, -0.25) is 9.78 Å². The molecule has 0 fully saturated rings. The van der Waals surface area contributed by atoms with Crippen molar-refractivity contribution in [2.45, 2.75) is 46.6 Å². The number of aromatic nitrogens is 2. The van der Waals surface area contributed by atoms with E-state index in [0.717, 1.165) is 35.0 Å². The third-order valence-corrected chi connectivity index (χ3v) is 5.12. The fraction of sp³-hybridized carbons (Fsp3) is 0.333. The van der Waals surface area contributed by atoms with Crippen molar-refractivity contribution in [3.8, 4) is 0 Å². The van der Waals surface area contributed by atoms with Gasteiger partial charge in [-0.25, -0.2) is 9.78 Å². The first-order valence-corrected chi connectivity index (χ1v) is 10.2. The van der Waals surface area contributed by atoms with Crippen LogP contribution in [0.3, 0.4) is 0 Å². The molecule has 1 aromatic carbocycles. The number of thiazole rings is 1. The van der Waals surface area contributed by atoms with Gasteiger partial charge in [-0.05, 0) is 24.5 Å². The van der Waals surface area contributed by atoms with Crippen LogP contribution >= 0.6 is 11.3 Å². The number of amides is 1. The number of benzene rings is 1. The summed E-state index contributed by atoms with van der Waals surface area (Å²) in [5, 5.41) is 5.70. The van der Waals surface area contributed by atoms with Crippen molar-refractivity contribution < 1.29 is 14.3 Å². The number of rotatable bonds is 7. The number of nitrogens with one attached hydrogen (secondary N) is 1. The summed E-state index contributed by atoms with van der Waals surface area (Å²) < 4.78 is 5.58. The van der Waals surface area contributed by atoms with Gasteiger partial charge < -0.3 is 10.1 Å². The Hall–Kier alpha value is -2.80. The molecule has 28 heavy (non-hydrogen) atoms. The highest BCUT2D eigenvalue weighted by molar-refractivity contribution is 7.13. The molecule has 1 amide bonds. The number of anilines is 1. The number of esters is 1. The molecule has 0 aliphatic rings. The number of pyridine rings is 1. The third kappa shape index (κ3) is 4.36. The Labute approximate surface area is 168 Å². The van der Waals surface area contributed by atoms with E-state index in [-0.39, 0.29) is 18.5 Å². The van der Waals surface area contributed by atoms with Crippen molar-refractivity contribution in [3.63, 3.8) is 0 Å². The van der Waals surface area contributed by atoms with Crippen molar-refractivity contribution in [3.05, 3.63) is 52.2 Å². The van der Waals surface area contributed by atoms with Gasteiger partial charge in [0.15, 0.2) is 5.13 Å². The molecule has 0 aliphatic heterocycles. The fourth-order valence-electron chi connectivity index (χ4n) is 3.15. The SMILES string of the molecule is CCCc1nc2ccccc2c(C(=O)OCc2csc(NC(C)=O)n2)c1CC. The van der Waals surface area contributed by atoms with Crippen molar-refractivity contribution >= 4 is 39.2 Å². The highest BCUT2D eigenvalue weighted by Gasteiger charge is 2.21. The summed E-state index contributed by atoms with van der Waals surface area (Å²) in [6.07, 6.45) is 2.49. The maximum Gasteiger partial charge on any atom is 0.339 e. The third-order valence-electron chi connectivity index (χ3n) is 4.31. The summed E-state index contributed by atoms with van der Waals surface area (Å²) in [6.45, 7) is 5.61. The molecule has 1 N–H and O–H groups in total. The molecule has 0 spiro atoms. The molecule has 0 aliphatic carbocycles. The highest BCUT2D eigenvalue weighted by Crippen LogP contribution is 2.26. The van der Waals surface area contributed by atoms with Gasteiger partial charge in [-0.1, -0.05) is 38.5 Å². The first-order chi connectivity index (χ1) is 13.5. The average Bonchev–Trinajstić information content (AvgIpc) is 3.11. The van der Waals surface area contributed by atoms with E-state index in [1.54, 1.807) is 5.38 Å². The molecule has 0 saturated heterocycles. The van der Waals surface area contributed by atoms with Crippen LogP contribution in [0.4, 0.5) is 5.13 Å². The molecule has 0 unspecified atom stereocenters. The predicted octanol–water partition coefficient (Wildman–Crippen LogP) is 4.52. The van der Waals surface area contributed by atoms with Gasteiger partial charge in [0, 0.05) is 23.4 Å². The first-order valence-electron chi connectivity index (χ1n) is 9.33. The number of aryl methyl sites for hydroxylation is 1. The van der Waals surface area contributed by atoms with Gasteiger partial charge in [0.05, 0.1) is 16.8 Å². The van der Waals surface area contributed by atoms with Gasteiger partial charge >= 0.3 is 5.97 Å². The second kappa shape index (κ2) is 8.93. The molecular weight excluding hydrogens is 374 g/mol. The lowest BCUT2D eigenvalue weighted by atomic mass is 9.96. The lowest BCUT2D eigenvalue weighted by Gasteiger charge is -2.15. The number of fused-ring (bicyclic) bond motifs is 1. The summed E-state index contributed by atoms with van der Waals surface area (Å²) in [5.41, 5.74) is 3.90. The number of carbonyl (C=O) groups is 2. The zero-order valence-corrected chi connectivity index (χ0v) is 17.1. The lowest BCUT2D eigenvalue weighted by molar-refractivity contribution is -0.114. The number of hydrogen-bond acceptors (Lipinski definition) is 6. The summed E-state index contributed by atoms with van der Waals surface area (Å²) in [7, 11) is 0. The van der Waals surface area contributed by atoms with Crippen LogP contribution in [-0.4, -0.2) is 21.8 Å². The van der Waals surface area contributed by atoms with Crippen molar-refractivity contribution in [2.75, 3.05) is 5.32 Å². The lowest BCUT2D eigenvalue weighted by Crippen LogP contribution is -2.13. The van der Waals surface area contributed by atoms with Gasteiger partial charge in [0.1, 0.15) is 6.61 Å². The molecule has 0 saturated carbocycles. The van der Waals surface area contributed by atoms with Crippen LogP contribution < -0.4 is 5.32 Å². The Kier molecular flexibility index (Phi) is 6.36. The van der Waals surface area contributed by atoms with Gasteiger partial charge in [-0.2, -0.15) is 0 Å². The van der Waals surface area contributed by atoms with E-state index in [0.29, 0.717) is 22.8 Å². The molecule has 2 aromatic heterocycles. The van der Waals surface area contributed by atoms with E-state index < -0.39 is 0 Å². The van der Waals surface area contributed by atoms with Gasteiger partial charge in [-0.15, -0.1) is 11.3 Å². The quantitative estimate of drug-likeness (QED) is 0.593. The number of hydrogen-bond donors (Lipinski definition) is 1.